The summed E-state index contributed by atoms with van der Waals surface area (Å²) in [6.07, 6.45) is -0.698. The number of amides is 1. The minimum Gasteiger partial charge on any atom is -0.481 e. The van der Waals surface area contributed by atoms with Crippen LogP contribution in [-0.4, -0.2) is 41.1 Å². The number of hydrogen-bond donors (Lipinski definition) is 1. The molecule has 5 heteroatoms. The van der Waals surface area contributed by atoms with Crippen molar-refractivity contribution >= 4 is 11.9 Å². The number of ether oxygens (including phenoxy) is 1. The highest BCUT2D eigenvalue weighted by Crippen LogP contribution is 2.13. The fraction of sp³-hybridized carbons (Fsp3) is 0.500. The zero-order valence-electron chi connectivity index (χ0n) is 12.8. The average molecular weight is 293 g/mol. The van der Waals surface area contributed by atoms with Gasteiger partial charge in [0.05, 0.1) is 6.42 Å². The molecule has 5 nitrogen and oxygen atoms in total. The minimum absolute atomic E-state index is 0.0590. The third-order valence-electron chi connectivity index (χ3n) is 2.90. The van der Waals surface area contributed by atoms with Crippen LogP contribution in [-0.2, 0) is 9.59 Å². The van der Waals surface area contributed by atoms with Crippen LogP contribution in [0.1, 0.15) is 27.2 Å². The molecule has 0 spiro atoms. The summed E-state index contributed by atoms with van der Waals surface area (Å²) in [5.41, 5.74) is 0. The normalized spacial score (nSPS) is 12.0. The van der Waals surface area contributed by atoms with Crippen molar-refractivity contribution in [1.82, 2.24) is 4.90 Å². The maximum atomic E-state index is 12.4. The predicted octanol–water partition coefficient (Wildman–Crippen LogP) is 2.41. The van der Waals surface area contributed by atoms with Gasteiger partial charge in [0.15, 0.2) is 6.10 Å². The lowest BCUT2D eigenvalue weighted by Gasteiger charge is -2.27. The largest absolute Gasteiger partial charge is 0.481 e. The number of aliphatic carboxylic acids is 1. The molecule has 0 heterocycles. The quantitative estimate of drug-likeness (QED) is 0.799. The second kappa shape index (κ2) is 8.29. The van der Waals surface area contributed by atoms with E-state index in [0.717, 1.165) is 0 Å². The number of rotatable bonds is 8. The van der Waals surface area contributed by atoms with Crippen molar-refractivity contribution in [2.75, 3.05) is 13.1 Å². The monoisotopic (exact) mass is 293 g/mol. The molecule has 21 heavy (non-hydrogen) atoms. The van der Waals surface area contributed by atoms with Crippen LogP contribution in [0.15, 0.2) is 30.3 Å². The van der Waals surface area contributed by atoms with E-state index in [1.165, 1.54) is 0 Å². The molecule has 116 valence electrons. The van der Waals surface area contributed by atoms with Crippen LogP contribution >= 0.6 is 0 Å². The molecule has 1 unspecified atom stereocenters. The van der Waals surface area contributed by atoms with Crippen molar-refractivity contribution in [2.45, 2.75) is 33.3 Å². The van der Waals surface area contributed by atoms with Gasteiger partial charge in [-0.3, -0.25) is 9.59 Å². The van der Waals surface area contributed by atoms with Crippen molar-refractivity contribution in [2.24, 2.45) is 5.92 Å². The van der Waals surface area contributed by atoms with Crippen molar-refractivity contribution in [3.05, 3.63) is 30.3 Å². The van der Waals surface area contributed by atoms with Gasteiger partial charge in [-0.15, -0.1) is 0 Å². The van der Waals surface area contributed by atoms with E-state index >= 15 is 0 Å². The van der Waals surface area contributed by atoms with E-state index in [-0.39, 0.29) is 24.8 Å². The molecular weight excluding hydrogens is 270 g/mol. The lowest BCUT2D eigenvalue weighted by molar-refractivity contribution is -0.141. The highest BCUT2D eigenvalue weighted by molar-refractivity contribution is 5.81. The zero-order chi connectivity index (χ0) is 15.8. The second-order valence-electron chi connectivity index (χ2n) is 5.39. The average Bonchev–Trinajstić information content (AvgIpc) is 2.43. The van der Waals surface area contributed by atoms with Crippen LogP contribution in [0.4, 0.5) is 0 Å². The summed E-state index contributed by atoms with van der Waals surface area (Å²) in [5, 5.41) is 8.78. The van der Waals surface area contributed by atoms with E-state index < -0.39 is 12.1 Å². The maximum absolute atomic E-state index is 12.4. The molecule has 1 N–H and O–H groups in total. The van der Waals surface area contributed by atoms with Crippen LogP contribution in [0, 0.1) is 5.92 Å². The van der Waals surface area contributed by atoms with Crippen molar-refractivity contribution < 1.29 is 19.4 Å². The Morgan fingerprint density at radius 1 is 1.19 bits per heavy atom. The lowest BCUT2D eigenvalue weighted by atomic mass is 10.2. The summed E-state index contributed by atoms with van der Waals surface area (Å²) >= 11 is 0. The number of carboxylic acids is 1. The Morgan fingerprint density at radius 2 is 1.81 bits per heavy atom. The van der Waals surface area contributed by atoms with Crippen molar-refractivity contribution in [3.63, 3.8) is 0 Å². The fourth-order valence-corrected chi connectivity index (χ4v) is 1.97. The minimum atomic E-state index is -0.909. The Hall–Kier alpha value is -2.04. The Kier molecular flexibility index (Phi) is 6.72. The van der Waals surface area contributed by atoms with E-state index in [0.29, 0.717) is 12.3 Å². The number of carbonyl (C=O) groups excluding carboxylic acids is 1. The van der Waals surface area contributed by atoms with E-state index in [2.05, 4.69) is 0 Å². The molecule has 0 aliphatic rings. The van der Waals surface area contributed by atoms with Gasteiger partial charge in [-0.25, -0.2) is 0 Å². The summed E-state index contributed by atoms with van der Waals surface area (Å²) in [6.45, 7) is 6.39. The van der Waals surface area contributed by atoms with E-state index in [4.69, 9.17) is 9.84 Å². The first kappa shape index (κ1) is 17.0. The van der Waals surface area contributed by atoms with Gasteiger partial charge in [0.25, 0.3) is 5.91 Å². The highest BCUT2D eigenvalue weighted by Gasteiger charge is 2.23. The van der Waals surface area contributed by atoms with Gasteiger partial charge < -0.3 is 14.7 Å². The first-order valence-electron chi connectivity index (χ1n) is 7.12. The summed E-state index contributed by atoms with van der Waals surface area (Å²) in [4.78, 5) is 24.7. The number of para-hydroxylation sites is 1. The molecule has 0 saturated heterocycles. The first-order valence-corrected chi connectivity index (χ1v) is 7.12. The second-order valence-corrected chi connectivity index (χ2v) is 5.39. The number of hydrogen-bond acceptors (Lipinski definition) is 3. The Bertz CT molecular complexity index is 459. The molecule has 0 bridgehead atoms. The maximum Gasteiger partial charge on any atom is 0.305 e. The van der Waals surface area contributed by atoms with Gasteiger partial charge >= 0.3 is 5.97 Å². The number of benzene rings is 1. The molecule has 1 amide bonds. The Morgan fingerprint density at radius 3 is 2.33 bits per heavy atom. The molecular formula is C16H23NO4. The first-order chi connectivity index (χ1) is 9.90. The zero-order valence-corrected chi connectivity index (χ0v) is 12.8. The van der Waals surface area contributed by atoms with Gasteiger partial charge in [-0.05, 0) is 25.0 Å². The summed E-state index contributed by atoms with van der Waals surface area (Å²) in [7, 11) is 0. The third kappa shape index (κ3) is 6.29. The SMILES string of the molecule is CC(C)CN(CCC(=O)O)C(=O)C(C)Oc1ccccc1. The smallest absolute Gasteiger partial charge is 0.305 e. The molecule has 1 rings (SSSR count). The van der Waals surface area contributed by atoms with Crippen LogP contribution in [0.2, 0.25) is 0 Å². The van der Waals surface area contributed by atoms with Gasteiger partial charge in [0.1, 0.15) is 5.75 Å². The van der Waals surface area contributed by atoms with Gasteiger partial charge in [0.2, 0.25) is 0 Å². The molecule has 0 radical (unpaired) electrons. The topological polar surface area (TPSA) is 66.8 Å². The fourth-order valence-electron chi connectivity index (χ4n) is 1.97. The summed E-state index contributed by atoms with van der Waals surface area (Å²) < 4.78 is 5.61. The molecule has 0 aliphatic carbocycles. The van der Waals surface area contributed by atoms with E-state index in [9.17, 15) is 9.59 Å². The van der Waals surface area contributed by atoms with Gasteiger partial charge in [-0.1, -0.05) is 32.0 Å². The van der Waals surface area contributed by atoms with Crippen LogP contribution in [0.3, 0.4) is 0 Å². The van der Waals surface area contributed by atoms with E-state index in [1.54, 1.807) is 24.0 Å². The van der Waals surface area contributed by atoms with Crippen LogP contribution in [0.25, 0.3) is 0 Å². The molecule has 0 fully saturated rings. The molecule has 0 saturated carbocycles. The standard InChI is InChI=1S/C16H23NO4/c1-12(2)11-17(10-9-15(18)19)16(20)13(3)21-14-7-5-4-6-8-14/h4-8,12-13H,9-11H2,1-3H3,(H,18,19). The van der Waals surface area contributed by atoms with Crippen molar-refractivity contribution in [3.8, 4) is 5.75 Å². The van der Waals surface area contributed by atoms with Gasteiger partial charge in [0, 0.05) is 13.1 Å². The Balaban J connectivity index is 2.66. The third-order valence-corrected chi connectivity index (χ3v) is 2.90. The highest BCUT2D eigenvalue weighted by atomic mass is 16.5. The van der Waals surface area contributed by atoms with E-state index in [1.807, 2.05) is 32.0 Å². The molecule has 1 atom stereocenters. The predicted molar refractivity (Wildman–Crippen MR) is 80.2 cm³/mol. The molecule has 0 aliphatic heterocycles. The van der Waals surface area contributed by atoms with Crippen LogP contribution < -0.4 is 4.74 Å². The number of nitrogens with zero attached hydrogens (tertiary/aromatic N) is 1. The molecule has 1 aromatic carbocycles. The van der Waals surface area contributed by atoms with Crippen molar-refractivity contribution in [1.29, 1.82) is 0 Å². The molecule has 1 aromatic rings. The number of carboxylic acid groups (broad SMARTS) is 1. The molecule has 0 aromatic heterocycles. The summed E-state index contributed by atoms with van der Waals surface area (Å²) in [5.74, 6) is -0.199. The number of carbonyl (C=O) groups is 2. The van der Waals surface area contributed by atoms with Gasteiger partial charge in [-0.2, -0.15) is 0 Å². The Labute approximate surface area is 125 Å². The van der Waals surface area contributed by atoms with Crippen LogP contribution in [0.5, 0.6) is 5.75 Å². The summed E-state index contributed by atoms with van der Waals surface area (Å²) in [6, 6.07) is 9.12. The lowest BCUT2D eigenvalue weighted by Crippen LogP contribution is -2.43.